The normalized spacial score (nSPS) is 23.1. The monoisotopic (exact) mass is 394 g/mol. The lowest BCUT2D eigenvalue weighted by Crippen LogP contribution is -2.47. The third kappa shape index (κ3) is 4.77. The summed E-state index contributed by atoms with van der Waals surface area (Å²) >= 11 is 0. The predicted molar refractivity (Wildman–Crippen MR) is 116 cm³/mol. The molecule has 1 N–H and O–H groups in total. The molecule has 0 amide bonds. The van der Waals surface area contributed by atoms with Gasteiger partial charge in [0.1, 0.15) is 0 Å². The smallest absolute Gasteiger partial charge is 0.255 e. The molecule has 0 saturated carbocycles. The Morgan fingerprint density at radius 3 is 2.69 bits per heavy atom. The summed E-state index contributed by atoms with van der Waals surface area (Å²) in [6.07, 6.45) is 3.22. The lowest BCUT2D eigenvalue weighted by molar-refractivity contribution is -0.00576. The van der Waals surface area contributed by atoms with Crippen LogP contribution in [0, 0.1) is 0 Å². The first-order valence-electron chi connectivity index (χ1n) is 10.4. The van der Waals surface area contributed by atoms with Crippen LogP contribution in [0.25, 0.3) is 6.08 Å². The molecule has 2 atom stereocenters. The minimum absolute atomic E-state index is 0.00741. The molecule has 3 heterocycles. The van der Waals surface area contributed by atoms with Crippen molar-refractivity contribution in [1.82, 2.24) is 14.9 Å². The van der Waals surface area contributed by atoms with Crippen LogP contribution in [0.3, 0.4) is 0 Å². The average Bonchev–Trinajstić information content (AvgIpc) is 2.67. The van der Waals surface area contributed by atoms with Crippen LogP contribution in [0.1, 0.15) is 37.6 Å². The molecular weight excluding hydrogens is 364 g/mol. The highest BCUT2D eigenvalue weighted by Gasteiger charge is 2.26. The van der Waals surface area contributed by atoms with E-state index in [1.165, 1.54) is 11.1 Å². The van der Waals surface area contributed by atoms with Gasteiger partial charge in [-0.05, 0) is 32.8 Å². The topological polar surface area (TPSA) is 61.5 Å². The summed E-state index contributed by atoms with van der Waals surface area (Å²) < 4.78 is 5.81. The quantitative estimate of drug-likeness (QED) is 0.864. The van der Waals surface area contributed by atoms with Crippen LogP contribution >= 0.6 is 0 Å². The van der Waals surface area contributed by atoms with Crippen LogP contribution in [0.4, 0.5) is 5.95 Å². The van der Waals surface area contributed by atoms with Crippen molar-refractivity contribution in [2.24, 2.45) is 0 Å². The Morgan fingerprint density at radius 2 is 1.97 bits per heavy atom. The van der Waals surface area contributed by atoms with Gasteiger partial charge >= 0.3 is 0 Å². The number of hydrogen-bond donors (Lipinski definition) is 1. The summed E-state index contributed by atoms with van der Waals surface area (Å²) in [6, 6.07) is 10.4. The molecule has 154 valence electrons. The van der Waals surface area contributed by atoms with Crippen LogP contribution in [0.15, 0.2) is 40.7 Å². The number of benzene rings is 1. The SMILES string of the molecule is CC(=Cc1ccccc1)CN1CCc2c(nc(N3CC(C)OC(C)C3)[nH]c2=O)C1. The summed E-state index contributed by atoms with van der Waals surface area (Å²) in [5.41, 5.74) is 4.28. The maximum Gasteiger partial charge on any atom is 0.255 e. The second kappa shape index (κ2) is 8.51. The maximum atomic E-state index is 12.7. The van der Waals surface area contributed by atoms with Gasteiger partial charge in [-0.3, -0.25) is 14.7 Å². The largest absolute Gasteiger partial charge is 0.372 e. The predicted octanol–water partition coefficient (Wildman–Crippen LogP) is 2.85. The Morgan fingerprint density at radius 1 is 1.24 bits per heavy atom. The molecule has 0 radical (unpaired) electrons. The van der Waals surface area contributed by atoms with E-state index < -0.39 is 0 Å². The van der Waals surface area contributed by atoms with Crippen molar-refractivity contribution in [2.45, 2.75) is 45.9 Å². The second-order valence-corrected chi connectivity index (χ2v) is 8.34. The number of aromatic amines is 1. The molecule has 1 aromatic heterocycles. The second-order valence-electron chi connectivity index (χ2n) is 8.34. The van der Waals surface area contributed by atoms with E-state index >= 15 is 0 Å². The number of nitrogens with zero attached hydrogens (tertiary/aromatic N) is 3. The molecule has 0 aliphatic carbocycles. The highest BCUT2D eigenvalue weighted by atomic mass is 16.5. The van der Waals surface area contributed by atoms with Crippen molar-refractivity contribution in [2.75, 3.05) is 31.1 Å². The van der Waals surface area contributed by atoms with Gasteiger partial charge in [-0.2, -0.15) is 0 Å². The van der Waals surface area contributed by atoms with Gasteiger partial charge in [-0.1, -0.05) is 42.0 Å². The number of H-pyrrole nitrogens is 1. The standard InChI is InChI=1S/C23H30N4O2/c1-16(11-19-7-5-4-6-8-19)12-26-10-9-20-21(15-26)24-23(25-22(20)28)27-13-17(2)29-18(3)14-27/h4-8,11,17-18H,9-10,12-15H2,1-3H3,(H,24,25,28). The average molecular weight is 395 g/mol. The van der Waals surface area contributed by atoms with E-state index in [1.807, 2.05) is 6.07 Å². The summed E-state index contributed by atoms with van der Waals surface area (Å²) in [4.78, 5) is 25.1. The number of fused-ring (bicyclic) bond motifs is 1. The highest BCUT2D eigenvalue weighted by Crippen LogP contribution is 2.20. The fraction of sp³-hybridized carbons (Fsp3) is 0.478. The Bertz CT molecular complexity index is 928. The minimum atomic E-state index is 0.00741. The van der Waals surface area contributed by atoms with Crippen LogP contribution in [-0.2, 0) is 17.7 Å². The van der Waals surface area contributed by atoms with Crippen LogP contribution in [-0.4, -0.2) is 53.3 Å². The summed E-state index contributed by atoms with van der Waals surface area (Å²) in [6.45, 7) is 10.2. The number of anilines is 1. The van der Waals surface area contributed by atoms with E-state index in [2.05, 4.69) is 65.9 Å². The first kappa shape index (κ1) is 19.9. The third-order valence-corrected chi connectivity index (χ3v) is 5.54. The van der Waals surface area contributed by atoms with E-state index in [9.17, 15) is 4.79 Å². The van der Waals surface area contributed by atoms with Gasteiger partial charge in [-0.15, -0.1) is 0 Å². The van der Waals surface area contributed by atoms with E-state index in [-0.39, 0.29) is 17.8 Å². The summed E-state index contributed by atoms with van der Waals surface area (Å²) in [5, 5.41) is 0. The van der Waals surface area contributed by atoms with Gasteiger partial charge in [0.2, 0.25) is 5.95 Å². The lowest BCUT2D eigenvalue weighted by Gasteiger charge is -2.36. The van der Waals surface area contributed by atoms with Crippen molar-refractivity contribution in [1.29, 1.82) is 0 Å². The molecule has 2 unspecified atom stereocenters. The zero-order chi connectivity index (χ0) is 20.4. The van der Waals surface area contributed by atoms with Gasteiger partial charge in [-0.25, -0.2) is 4.98 Å². The minimum Gasteiger partial charge on any atom is -0.372 e. The number of hydrogen-bond acceptors (Lipinski definition) is 5. The van der Waals surface area contributed by atoms with E-state index in [0.29, 0.717) is 12.5 Å². The molecule has 2 aliphatic rings. The molecule has 1 aromatic carbocycles. The van der Waals surface area contributed by atoms with Gasteiger partial charge in [0.05, 0.1) is 17.9 Å². The molecule has 1 saturated heterocycles. The molecule has 0 bridgehead atoms. The third-order valence-electron chi connectivity index (χ3n) is 5.54. The first-order chi connectivity index (χ1) is 14.0. The number of rotatable bonds is 4. The number of ether oxygens (including phenoxy) is 1. The van der Waals surface area contributed by atoms with Crippen LogP contribution in [0.2, 0.25) is 0 Å². The van der Waals surface area contributed by atoms with Crippen molar-refractivity contribution in [3.63, 3.8) is 0 Å². The van der Waals surface area contributed by atoms with Gasteiger partial charge in [0.25, 0.3) is 5.56 Å². The molecule has 2 aliphatic heterocycles. The Kier molecular flexibility index (Phi) is 5.83. The number of aromatic nitrogens is 2. The molecule has 6 heteroatoms. The summed E-state index contributed by atoms with van der Waals surface area (Å²) in [7, 11) is 0. The fourth-order valence-electron chi connectivity index (χ4n) is 4.35. The lowest BCUT2D eigenvalue weighted by atomic mass is 10.1. The van der Waals surface area contributed by atoms with Crippen molar-refractivity contribution in [3.05, 3.63) is 63.1 Å². The summed E-state index contributed by atoms with van der Waals surface area (Å²) in [5.74, 6) is 0.675. The zero-order valence-electron chi connectivity index (χ0n) is 17.5. The van der Waals surface area contributed by atoms with Crippen LogP contribution in [0.5, 0.6) is 0 Å². The van der Waals surface area contributed by atoms with Gasteiger partial charge < -0.3 is 9.64 Å². The van der Waals surface area contributed by atoms with Gasteiger partial charge in [0.15, 0.2) is 0 Å². The Labute approximate surface area is 172 Å². The molecule has 0 spiro atoms. The molecule has 4 rings (SSSR count). The molecule has 1 fully saturated rings. The van der Waals surface area contributed by atoms with Crippen molar-refractivity contribution >= 4 is 12.0 Å². The molecular formula is C23H30N4O2. The molecule has 6 nitrogen and oxygen atoms in total. The van der Waals surface area contributed by atoms with Crippen molar-refractivity contribution < 1.29 is 4.74 Å². The van der Waals surface area contributed by atoms with E-state index in [4.69, 9.17) is 9.72 Å². The number of nitrogens with one attached hydrogen (secondary N) is 1. The van der Waals surface area contributed by atoms with E-state index in [1.54, 1.807) is 0 Å². The first-order valence-corrected chi connectivity index (χ1v) is 10.4. The van der Waals surface area contributed by atoms with Crippen molar-refractivity contribution in [3.8, 4) is 0 Å². The fourth-order valence-corrected chi connectivity index (χ4v) is 4.35. The van der Waals surface area contributed by atoms with E-state index in [0.717, 1.165) is 43.9 Å². The van der Waals surface area contributed by atoms with Gasteiger partial charge in [0, 0.05) is 38.3 Å². The zero-order valence-corrected chi connectivity index (χ0v) is 17.5. The molecule has 2 aromatic rings. The maximum absolute atomic E-state index is 12.7. The highest BCUT2D eigenvalue weighted by molar-refractivity contribution is 5.52. The number of morpholine rings is 1. The Hall–Kier alpha value is -2.44. The molecule has 29 heavy (non-hydrogen) atoms. The van der Waals surface area contributed by atoms with Crippen LogP contribution < -0.4 is 10.5 Å². The Balaban J connectivity index is 1.50.